The number of hydrogen-bond donors (Lipinski definition) is 2. The number of hydrogen-bond acceptors (Lipinski definition) is 4. The minimum Gasteiger partial charge on any atom is -0.386 e. The molecule has 0 aliphatic carbocycles. The van der Waals surface area contributed by atoms with Gasteiger partial charge in [-0.1, -0.05) is 18.2 Å². The lowest BCUT2D eigenvalue weighted by molar-refractivity contribution is 0.186. The van der Waals surface area contributed by atoms with Crippen LogP contribution in [0.15, 0.2) is 52.4 Å². The Morgan fingerprint density at radius 1 is 1.13 bits per heavy atom. The molecule has 0 radical (unpaired) electrons. The summed E-state index contributed by atoms with van der Waals surface area (Å²) in [4.78, 5) is 4.16. The molecule has 120 valence electrons. The normalized spacial score (nSPS) is 18.5. The molecule has 1 aliphatic heterocycles. The van der Waals surface area contributed by atoms with E-state index in [-0.39, 0.29) is 22.8 Å². The van der Waals surface area contributed by atoms with Crippen LogP contribution in [-0.4, -0.2) is 25.9 Å². The number of nitrogens with one attached hydrogen (secondary N) is 1. The van der Waals surface area contributed by atoms with Gasteiger partial charge in [-0.25, -0.2) is 17.2 Å². The molecule has 0 unspecified atom stereocenters. The lowest BCUT2D eigenvalue weighted by Gasteiger charge is -2.09. The van der Waals surface area contributed by atoms with Gasteiger partial charge in [-0.2, -0.15) is 0 Å². The van der Waals surface area contributed by atoms with Crippen LogP contribution < -0.4 is 4.72 Å². The first-order chi connectivity index (χ1) is 10.9. The van der Waals surface area contributed by atoms with Gasteiger partial charge in [0.1, 0.15) is 5.84 Å². The van der Waals surface area contributed by atoms with Gasteiger partial charge >= 0.3 is 0 Å². The fourth-order valence-corrected chi connectivity index (χ4v) is 3.51. The maximum absolute atomic E-state index is 13.2. The molecule has 0 fully saturated rings. The number of aliphatic hydroxyl groups excluding tert-OH is 1. The van der Waals surface area contributed by atoms with Gasteiger partial charge in [-0.15, -0.1) is 0 Å². The van der Waals surface area contributed by atoms with E-state index in [1.807, 2.05) is 0 Å². The first-order valence-corrected chi connectivity index (χ1v) is 8.16. The summed E-state index contributed by atoms with van der Waals surface area (Å²) in [7, 11) is -3.65. The first kappa shape index (κ1) is 15.6. The highest BCUT2D eigenvalue weighted by Crippen LogP contribution is 2.23. The Balaban J connectivity index is 1.85. The van der Waals surface area contributed by atoms with Crippen molar-refractivity contribution < 1.29 is 22.3 Å². The van der Waals surface area contributed by atoms with Crippen molar-refractivity contribution in [1.29, 1.82) is 0 Å². The highest BCUT2D eigenvalue weighted by Gasteiger charge is 2.30. The second kappa shape index (κ2) is 5.71. The number of fused-ring (bicyclic) bond motifs is 1. The molecule has 0 aromatic heterocycles. The van der Waals surface area contributed by atoms with E-state index in [1.165, 1.54) is 12.1 Å². The molecule has 5 nitrogen and oxygen atoms in total. The monoisotopic (exact) mass is 338 g/mol. The van der Waals surface area contributed by atoms with Crippen LogP contribution in [0.4, 0.5) is 8.78 Å². The number of amidine groups is 1. The van der Waals surface area contributed by atoms with Crippen LogP contribution in [0.25, 0.3) is 0 Å². The maximum atomic E-state index is 13.2. The summed E-state index contributed by atoms with van der Waals surface area (Å²) in [6, 6.07) is 9.35. The third kappa shape index (κ3) is 2.95. The standard InChI is InChI=1S/C15H12F2N2O3S/c16-11-6-5-9(7-12(11)17)13(20)8-18-15-10-3-1-2-4-14(10)23(21,22)19-15/h1-7,13,20H,8H2,(H,18,19)/t13-/m0/s1. The van der Waals surface area contributed by atoms with E-state index in [9.17, 15) is 22.3 Å². The summed E-state index contributed by atoms with van der Waals surface area (Å²) in [5, 5.41) is 10.0. The number of aliphatic hydroxyl groups is 1. The Hall–Kier alpha value is -2.32. The van der Waals surface area contributed by atoms with Gasteiger partial charge in [-0.05, 0) is 29.8 Å². The molecule has 0 saturated heterocycles. The molecule has 0 saturated carbocycles. The van der Waals surface area contributed by atoms with Crippen molar-refractivity contribution in [2.45, 2.75) is 11.0 Å². The Morgan fingerprint density at radius 2 is 1.87 bits per heavy atom. The van der Waals surface area contributed by atoms with Crippen LogP contribution in [0.5, 0.6) is 0 Å². The Labute approximate surface area is 131 Å². The molecular weight excluding hydrogens is 326 g/mol. The number of halogens is 2. The Kier molecular flexibility index (Phi) is 3.87. The topological polar surface area (TPSA) is 78.8 Å². The van der Waals surface area contributed by atoms with E-state index in [0.717, 1.165) is 12.1 Å². The molecule has 1 heterocycles. The zero-order chi connectivity index (χ0) is 16.6. The number of rotatable bonds is 3. The second-order valence-corrected chi connectivity index (χ2v) is 6.63. The van der Waals surface area contributed by atoms with E-state index in [1.54, 1.807) is 18.2 Å². The smallest absolute Gasteiger partial charge is 0.263 e. The highest BCUT2D eigenvalue weighted by molar-refractivity contribution is 7.90. The summed E-state index contributed by atoms with van der Waals surface area (Å²) < 4.78 is 52.2. The van der Waals surface area contributed by atoms with E-state index in [2.05, 4.69) is 9.71 Å². The predicted octanol–water partition coefficient (Wildman–Crippen LogP) is 1.74. The zero-order valence-electron chi connectivity index (χ0n) is 11.7. The summed E-state index contributed by atoms with van der Waals surface area (Å²) in [5.74, 6) is -1.96. The van der Waals surface area contributed by atoms with Gasteiger partial charge in [0.25, 0.3) is 10.0 Å². The van der Waals surface area contributed by atoms with Crippen molar-refractivity contribution in [3.05, 3.63) is 65.2 Å². The van der Waals surface area contributed by atoms with Gasteiger partial charge in [0.05, 0.1) is 17.5 Å². The molecule has 3 rings (SSSR count). The summed E-state index contributed by atoms with van der Waals surface area (Å²) in [6.45, 7) is -0.197. The largest absolute Gasteiger partial charge is 0.386 e. The van der Waals surface area contributed by atoms with Crippen LogP contribution in [0, 0.1) is 11.6 Å². The van der Waals surface area contributed by atoms with E-state index in [4.69, 9.17) is 0 Å². The second-order valence-electron chi connectivity index (χ2n) is 4.98. The summed E-state index contributed by atoms with van der Waals surface area (Å²) in [5.41, 5.74) is 0.562. The van der Waals surface area contributed by atoms with Gasteiger partial charge < -0.3 is 5.11 Å². The fraction of sp³-hybridized carbons (Fsp3) is 0.133. The SMILES string of the molecule is O=S1(=O)NC(=NC[C@H](O)c2ccc(F)c(F)c2)c2ccccc21. The summed E-state index contributed by atoms with van der Waals surface area (Å²) in [6.07, 6.45) is -1.19. The molecule has 0 spiro atoms. The molecule has 23 heavy (non-hydrogen) atoms. The van der Waals surface area contributed by atoms with E-state index < -0.39 is 27.8 Å². The van der Waals surface area contributed by atoms with Crippen molar-refractivity contribution in [2.75, 3.05) is 6.54 Å². The third-order valence-electron chi connectivity index (χ3n) is 3.41. The number of nitrogens with zero attached hydrogens (tertiary/aromatic N) is 1. The maximum Gasteiger partial charge on any atom is 0.263 e. The van der Waals surface area contributed by atoms with Crippen LogP contribution in [0.2, 0.25) is 0 Å². The molecule has 2 aromatic carbocycles. The van der Waals surface area contributed by atoms with Gasteiger partial charge in [0.15, 0.2) is 11.6 Å². The lowest BCUT2D eigenvalue weighted by Crippen LogP contribution is -2.23. The average Bonchev–Trinajstić information content (AvgIpc) is 2.79. The number of benzene rings is 2. The predicted molar refractivity (Wildman–Crippen MR) is 79.5 cm³/mol. The van der Waals surface area contributed by atoms with E-state index >= 15 is 0 Å². The van der Waals surface area contributed by atoms with Crippen molar-refractivity contribution in [1.82, 2.24) is 4.72 Å². The average molecular weight is 338 g/mol. The Morgan fingerprint density at radius 3 is 2.61 bits per heavy atom. The van der Waals surface area contributed by atoms with Crippen LogP contribution in [-0.2, 0) is 10.0 Å². The van der Waals surface area contributed by atoms with Crippen molar-refractivity contribution >= 4 is 15.9 Å². The van der Waals surface area contributed by atoms with Gasteiger partial charge in [0.2, 0.25) is 0 Å². The quantitative estimate of drug-likeness (QED) is 0.895. The van der Waals surface area contributed by atoms with Crippen molar-refractivity contribution in [2.24, 2.45) is 4.99 Å². The first-order valence-electron chi connectivity index (χ1n) is 6.68. The number of sulfonamides is 1. The molecule has 1 atom stereocenters. The fourth-order valence-electron chi connectivity index (χ4n) is 2.25. The van der Waals surface area contributed by atoms with Crippen LogP contribution in [0.1, 0.15) is 17.2 Å². The third-order valence-corrected chi connectivity index (χ3v) is 4.81. The van der Waals surface area contributed by atoms with Crippen LogP contribution in [0.3, 0.4) is 0 Å². The zero-order valence-corrected chi connectivity index (χ0v) is 12.5. The Bertz CT molecular complexity index is 897. The molecule has 2 aromatic rings. The number of aliphatic imine (C=N–C) groups is 1. The molecule has 0 amide bonds. The molecule has 2 N–H and O–H groups in total. The van der Waals surface area contributed by atoms with Crippen LogP contribution >= 0.6 is 0 Å². The van der Waals surface area contributed by atoms with Gasteiger partial charge in [-0.3, -0.25) is 9.71 Å². The minimum atomic E-state index is -3.65. The summed E-state index contributed by atoms with van der Waals surface area (Å²) >= 11 is 0. The minimum absolute atomic E-state index is 0.112. The highest BCUT2D eigenvalue weighted by atomic mass is 32.2. The lowest BCUT2D eigenvalue weighted by atomic mass is 10.1. The van der Waals surface area contributed by atoms with E-state index in [0.29, 0.717) is 5.56 Å². The van der Waals surface area contributed by atoms with Gasteiger partial charge in [0, 0.05) is 5.56 Å². The van der Waals surface area contributed by atoms with Crippen molar-refractivity contribution in [3.63, 3.8) is 0 Å². The molecular formula is C15H12F2N2O3S. The molecule has 8 heteroatoms. The molecule has 0 bridgehead atoms. The van der Waals surface area contributed by atoms with Crippen molar-refractivity contribution in [3.8, 4) is 0 Å². The molecule has 1 aliphatic rings.